The lowest BCUT2D eigenvalue weighted by atomic mass is 9.83. The van der Waals surface area contributed by atoms with E-state index in [-0.39, 0.29) is 11.6 Å². The number of rotatable bonds is 5. The zero-order valence-electron chi connectivity index (χ0n) is 20.5. The van der Waals surface area contributed by atoms with Crippen molar-refractivity contribution in [2.24, 2.45) is 4.99 Å². The number of allylic oxidation sites excluding steroid dienone is 1. The minimum atomic E-state index is -0.228. The maximum Gasteiger partial charge on any atom is 0.271 e. The van der Waals surface area contributed by atoms with Crippen LogP contribution in [0, 0.1) is 0 Å². The van der Waals surface area contributed by atoms with Gasteiger partial charge in [0.1, 0.15) is 0 Å². The predicted molar refractivity (Wildman–Crippen MR) is 148 cm³/mol. The summed E-state index contributed by atoms with van der Waals surface area (Å²) in [4.78, 5) is 19.7. The van der Waals surface area contributed by atoms with Crippen LogP contribution in [0.2, 0.25) is 5.02 Å². The number of hydrogen-bond donors (Lipinski definition) is 0. The van der Waals surface area contributed by atoms with E-state index in [0.717, 1.165) is 35.2 Å². The quantitative estimate of drug-likeness (QED) is 0.349. The Balaban J connectivity index is 1.56. The van der Waals surface area contributed by atoms with Crippen LogP contribution in [-0.2, 0) is 6.42 Å². The van der Waals surface area contributed by atoms with Crippen LogP contribution >= 0.6 is 22.9 Å². The van der Waals surface area contributed by atoms with Gasteiger partial charge in [0.2, 0.25) is 0 Å². The molecule has 0 saturated heterocycles. The van der Waals surface area contributed by atoms with E-state index in [9.17, 15) is 4.79 Å². The van der Waals surface area contributed by atoms with Gasteiger partial charge in [0.25, 0.3) is 5.56 Å². The van der Waals surface area contributed by atoms with E-state index in [1.54, 1.807) is 7.11 Å². The number of fused-ring (bicyclic) bond motifs is 3. The molecule has 6 rings (SSSR count). The monoisotopic (exact) mass is 528 g/mol. The van der Waals surface area contributed by atoms with Gasteiger partial charge in [-0.3, -0.25) is 9.36 Å². The van der Waals surface area contributed by atoms with Crippen LogP contribution in [-0.4, -0.2) is 18.3 Å². The number of aryl methyl sites for hydroxylation is 1. The molecule has 186 valence electrons. The number of thiazole rings is 1. The number of ether oxygens (including phenoxy) is 2. The molecule has 0 unspecified atom stereocenters. The van der Waals surface area contributed by atoms with Crippen molar-refractivity contribution in [2.45, 2.75) is 25.8 Å². The Bertz CT molecular complexity index is 1720. The van der Waals surface area contributed by atoms with E-state index in [4.69, 9.17) is 26.1 Å². The van der Waals surface area contributed by atoms with Gasteiger partial charge in [0, 0.05) is 10.6 Å². The van der Waals surface area contributed by atoms with E-state index in [0.29, 0.717) is 32.5 Å². The number of hydrogen-bond acceptors (Lipinski definition) is 5. The third-order valence-corrected chi connectivity index (χ3v) is 8.08. The highest BCUT2D eigenvalue weighted by atomic mass is 35.5. The summed E-state index contributed by atoms with van der Waals surface area (Å²) in [5.74, 6) is 1.31. The van der Waals surface area contributed by atoms with Crippen molar-refractivity contribution in [1.29, 1.82) is 0 Å². The molecule has 0 radical (unpaired) electrons. The molecule has 0 amide bonds. The van der Waals surface area contributed by atoms with Crippen molar-refractivity contribution in [3.63, 3.8) is 0 Å². The van der Waals surface area contributed by atoms with Crippen molar-refractivity contribution in [3.05, 3.63) is 119 Å². The third-order valence-electron chi connectivity index (χ3n) is 6.84. The van der Waals surface area contributed by atoms with Crippen LogP contribution in [0.15, 0.2) is 82.1 Å². The van der Waals surface area contributed by atoms with Gasteiger partial charge < -0.3 is 9.47 Å². The first-order chi connectivity index (χ1) is 18.1. The zero-order chi connectivity index (χ0) is 25.5. The number of benzene rings is 3. The number of halogens is 1. The fraction of sp³-hybridized carbons (Fsp3) is 0.200. The predicted octanol–water partition coefficient (Wildman–Crippen LogP) is 5.38. The van der Waals surface area contributed by atoms with Gasteiger partial charge in [0.05, 0.1) is 30.0 Å². The Morgan fingerprint density at radius 3 is 2.68 bits per heavy atom. The SMILES string of the molecule is CCOc1ccc(/C=c2/sc3n(c2=O)[C@@H](c2ccc(Cl)cc2)C2=C(N=3)c3ccccc3CC2)cc1OC. The second-order valence-corrected chi connectivity index (χ2v) is 10.5. The standard InChI is InChI=1S/C30H25ClN2O3S/c1-3-36-24-15-8-18(16-25(24)35-2)17-26-29(34)33-28(20-9-12-21(31)13-10-20)23-14-11-19-6-4-5-7-22(19)27(23)32-30(33)37-26/h4-10,12-13,15-17,28H,3,11,14H2,1-2H3/b26-17+/t28-/m0/s1. The topological polar surface area (TPSA) is 52.8 Å². The van der Waals surface area contributed by atoms with Gasteiger partial charge >= 0.3 is 0 Å². The van der Waals surface area contributed by atoms with Crippen LogP contribution in [0.3, 0.4) is 0 Å². The van der Waals surface area contributed by atoms with Crippen LogP contribution in [0.25, 0.3) is 11.8 Å². The largest absolute Gasteiger partial charge is 0.493 e. The minimum absolute atomic E-state index is 0.0537. The molecule has 0 N–H and O–H groups in total. The van der Waals surface area contributed by atoms with Gasteiger partial charge in [0.15, 0.2) is 16.3 Å². The Morgan fingerprint density at radius 2 is 1.89 bits per heavy atom. The maximum atomic E-state index is 13.9. The van der Waals surface area contributed by atoms with Crippen molar-refractivity contribution in [2.75, 3.05) is 13.7 Å². The van der Waals surface area contributed by atoms with Gasteiger partial charge in [-0.1, -0.05) is 65.4 Å². The molecule has 3 aromatic carbocycles. The fourth-order valence-electron chi connectivity index (χ4n) is 5.17. The summed E-state index contributed by atoms with van der Waals surface area (Å²) in [5, 5.41) is 0.670. The Labute approximate surface area is 223 Å². The molecular formula is C30H25ClN2O3S. The van der Waals surface area contributed by atoms with Crippen LogP contribution in [0.1, 0.15) is 41.6 Å². The number of nitrogens with zero attached hydrogens (tertiary/aromatic N) is 2. The summed E-state index contributed by atoms with van der Waals surface area (Å²) in [5.41, 5.74) is 6.43. The maximum absolute atomic E-state index is 13.9. The summed E-state index contributed by atoms with van der Waals surface area (Å²) in [6.07, 6.45) is 3.67. The zero-order valence-corrected chi connectivity index (χ0v) is 22.1. The van der Waals surface area contributed by atoms with E-state index in [2.05, 4.69) is 24.3 Å². The average Bonchev–Trinajstić information content (AvgIpc) is 3.23. The second kappa shape index (κ2) is 9.69. The number of methoxy groups -OCH3 is 1. The lowest BCUT2D eigenvalue weighted by molar-refractivity contribution is 0.311. The Morgan fingerprint density at radius 1 is 1.08 bits per heavy atom. The van der Waals surface area contributed by atoms with E-state index >= 15 is 0 Å². The highest BCUT2D eigenvalue weighted by Crippen LogP contribution is 2.41. The van der Waals surface area contributed by atoms with E-state index in [1.807, 2.05) is 60.0 Å². The van der Waals surface area contributed by atoms with Crippen LogP contribution < -0.4 is 24.4 Å². The van der Waals surface area contributed by atoms with Crippen LogP contribution in [0.5, 0.6) is 11.5 Å². The first-order valence-corrected chi connectivity index (χ1v) is 13.5. The second-order valence-electron chi connectivity index (χ2n) is 9.01. The smallest absolute Gasteiger partial charge is 0.271 e. The highest BCUT2D eigenvalue weighted by Gasteiger charge is 2.32. The summed E-state index contributed by atoms with van der Waals surface area (Å²) >= 11 is 7.63. The molecule has 5 nitrogen and oxygen atoms in total. The third kappa shape index (κ3) is 4.20. The van der Waals surface area contributed by atoms with Gasteiger partial charge in [-0.05, 0) is 72.4 Å². The molecule has 1 atom stereocenters. The molecule has 7 heteroatoms. The molecular weight excluding hydrogens is 504 g/mol. The van der Waals surface area contributed by atoms with Gasteiger partial charge in [-0.2, -0.15) is 0 Å². The number of aromatic nitrogens is 1. The molecule has 0 fully saturated rings. The van der Waals surface area contributed by atoms with E-state index in [1.165, 1.54) is 22.5 Å². The molecule has 4 aromatic rings. The van der Waals surface area contributed by atoms with Gasteiger partial charge in [-0.15, -0.1) is 0 Å². The average molecular weight is 529 g/mol. The lowest BCUT2D eigenvalue weighted by Crippen LogP contribution is -2.38. The van der Waals surface area contributed by atoms with Crippen molar-refractivity contribution < 1.29 is 9.47 Å². The molecule has 1 aliphatic carbocycles. The molecule has 0 spiro atoms. The van der Waals surface area contributed by atoms with Gasteiger partial charge in [-0.25, -0.2) is 4.99 Å². The summed E-state index contributed by atoms with van der Waals surface area (Å²) in [6.45, 7) is 2.48. The lowest BCUT2D eigenvalue weighted by Gasteiger charge is -2.30. The molecule has 0 saturated carbocycles. The fourth-order valence-corrected chi connectivity index (χ4v) is 6.29. The van der Waals surface area contributed by atoms with E-state index < -0.39 is 0 Å². The first kappa shape index (κ1) is 23.8. The molecule has 2 heterocycles. The van der Waals surface area contributed by atoms with Crippen molar-refractivity contribution in [3.8, 4) is 11.5 Å². The molecule has 37 heavy (non-hydrogen) atoms. The molecule has 0 bridgehead atoms. The molecule has 2 aliphatic rings. The Hall–Kier alpha value is -3.61. The summed E-state index contributed by atoms with van der Waals surface area (Å²) in [6, 6.07) is 21.7. The molecule has 1 aliphatic heterocycles. The van der Waals surface area contributed by atoms with Crippen molar-refractivity contribution >= 4 is 34.7 Å². The van der Waals surface area contributed by atoms with Crippen LogP contribution in [0.4, 0.5) is 0 Å². The summed E-state index contributed by atoms with van der Waals surface area (Å²) in [7, 11) is 1.62. The summed E-state index contributed by atoms with van der Waals surface area (Å²) < 4.78 is 13.6. The minimum Gasteiger partial charge on any atom is -0.493 e. The first-order valence-electron chi connectivity index (χ1n) is 12.3. The normalized spacial score (nSPS) is 16.5. The van der Waals surface area contributed by atoms with Crippen molar-refractivity contribution in [1.82, 2.24) is 4.57 Å². The molecule has 1 aromatic heterocycles. The Kier molecular flexibility index (Phi) is 6.22. The highest BCUT2D eigenvalue weighted by molar-refractivity contribution is 7.07.